The smallest absolute Gasteiger partial charge is 0.406 e. The predicted octanol–water partition coefficient (Wildman–Crippen LogP) is 4.14. The van der Waals surface area contributed by atoms with Gasteiger partial charge in [0.25, 0.3) is 11.8 Å². The van der Waals surface area contributed by atoms with E-state index in [1.807, 2.05) is 11.8 Å². The summed E-state index contributed by atoms with van der Waals surface area (Å²) in [6.07, 6.45) is 4.97. The van der Waals surface area contributed by atoms with Crippen LogP contribution in [-0.2, 0) is 9.53 Å². The van der Waals surface area contributed by atoms with Gasteiger partial charge in [-0.15, -0.1) is 0 Å². The fraction of sp³-hybridized carbons (Fsp3) is 0.545. The second-order valence-electron chi connectivity index (χ2n) is 11.9. The van der Waals surface area contributed by atoms with E-state index in [4.69, 9.17) is 24.7 Å². The second-order valence-corrected chi connectivity index (χ2v) is 11.9. The summed E-state index contributed by atoms with van der Waals surface area (Å²) in [7, 11) is 0.647. The van der Waals surface area contributed by atoms with E-state index in [9.17, 15) is 19.4 Å². The van der Waals surface area contributed by atoms with Crippen molar-refractivity contribution < 1.29 is 38.4 Å². The van der Waals surface area contributed by atoms with Crippen LogP contribution in [0, 0.1) is 6.92 Å². The van der Waals surface area contributed by atoms with Crippen LogP contribution >= 0.6 is 0 Å². The molecule has 250 valence electrons. The Kier molecular flexibility index (Phi) is 12.0. The maximum Gasteiger partial charge on any atom is 0.406 e. The van der Waals surface area contributed by atoms with Crippen molar-refractivity contribution in [1.82, 2.24) is 9.80 Å². The Labute approximate surface area is 271 Å². The Balaban J connectivity index is 1.37. The van der Waals surface area contributed by atoms with Crippen LogP contribution in [0.4, 0.5) is 11.4 Å². The zero-order chi connectivity index (χ0) is 33.4. The highest BCUT2D eigenvalue weighted by Crippen LogP contribution is 2.36. The molecule has 2 fully saturated rings. The first-order valence-corrected chi connectivity index (χ1v) is 16.1. The molecule has 2 aliphatic heterocycles. The van der Waals surface area contributed by atoms with Crippen molar-refractivity contribution in [2.75, 3.05) is 51.0 Å². The molecular formula is C33H47BN4O8. The molecule has 2 heterocycles. The number of aryl methyl sites for hydroxylation is 1. The summed E-state index contributed by atoms with van der Waals surface area (Å²) >= 11 is 0. The van der Waals surface area contributed by atoms with Gasteiger partial charge in [-0.2, -0.15) is 0 Å². The lowest BCUT2D eigenvalue weighted by Crippen LogP contribution is -2.39. The largest absolute Gasteiger partial charge is 0.493 e. The quantitative estimate of drug-likeness (QED) is 0.119. The molecule has 12 nitrogen and oxygen atoms in total. The molecule has 0 aliphatic carbocycles. The number of benzene rings is 2. The summed E-state index contributed by atoms with van der Waals surface area (Å²) < 4.78 is 22.8. The first-order chi connectivity index (χ1) is 22.0. The number of carbonyl (C=O) groups is 3. The van der Waals surface area contributed by atoms with E-state index in [0.29, 0.717) is 72.5 Å². The van der Waals surface area contributed by atoms with E-state index in [2.05, 4.69) is 12.2 Å². The number of carbonyl (C=O) groups excluding carboxylic acids is 3. The number of rotatable bonds is 14. The first kappa shape index (κ1) is 34.7. The number of nitrogen functional groups attached to an aromatic ring is 1. The lowest BCUT2D eigenvalue weighted by molar-refractivity contribution is -0.142. The lowest BCUT2D eigenvalue weighted by Gasteiger charge is -2.26. The van der Waals surface area contributed by atoms with Crippen LogP contribution in [-0.4, -0.2) is 91.8 Å². The molecule has 2 atom stereocenters. The number of methoxy groups -OCH3 is 1. The highest BCUT2D eigenvalue weighted by atomic mass is 16.5. The molecule has 2 aromatic rings. The Morgan fingerprint density at radius 1 is 0.957 bits per heavy atom. The summed E-state index contributed by atoms with van der Waals surface area (Å²) in [6, 6.07) is 6.78. The number of esters is 1. The van der Waals surface area contributed by atoms with Gasteiger partial charge in [-0.3, -0.25) is 14.4 Å². The third-order valence-corrected chi connectivity index (χ3v) is 8.51. The zero-order valence-electron chi connectivity index (χ0n) is 27.6. The fourth-order valence-electron chi connectivity index (χ4n) is 6.15. The van der Waals surface area contributed by atoms with E-state index < -0.39 is 7.05 Å². The Bertz CT molecular complexity index is 1400. The minimum Gasteiger partial charge on any atom is -0.493 e. The van der Waals surface area contributed by atoms with Gasteiger partial charge < -0.3 is 44.7 Å². The minimum atomic E-state index is -0.878. The van der Waals surface area contributed by atoms with Crippen LogP contribution in [0.15, 0.2) is 24.3 Å². The van der Waals surface area contributed by atoms with Gasteiger partial charge in [-0.25, -0.2) is 0 Å². The van der Waals surface area contributed by atoms with Crippen molar-refractivity contribution in [3.63, 3.8) is 0 Å². The van der Waals surface area contributed by atoms with Gasteiger partial charge in [-0.05, 0) is 63.5 Å². The average Bonchev–Trinajstić information content (AvgIpc) is 3.70. The van der Waals surface area contributed by atoms with Crippen molar-refractivity contribution in [1.29, 1.82) is 0 Å². The number of hydrogen-bond acceptors (Lipinski definition) is 10. The molecule has 0 saturated carbocycles. The molecule has 2 saturated heterocycles. The molecule has 2 aliphatic rings. The molecule has 0 bridgehead atoms. The molecule has 13 heteroatoms. The molecule has 2 amide bonds. The van der Waals surface area contributed by atoms with Gasteiger partial charge in [0.1, 0.15) is 12.4 Å². The second kappa shape index (κ2) is 15.9. The molecule has 4 N–H and O–H groups in total. The fourth-order valence-corrected chi connectivity index (χ4v) is 6.15. The SMILES string of the molecule is CC[C@@H]1CCCN1C(=O)c1cc(OC)c(OCCCOc2cc(N)c(C(=O)N3CCC[C@H]3COC(C)=O)cc2C)cc1NB(C)O. The summed E-state index contributed by atoms with van der Waals surface area (Å²) in [5.41, 5.74) is 8.68. The first-order valence-electron chi connectivity index (χ1n) is 16.1. The van der Waals surface area contributed by atoms with Crippen LogP contribution in [0.1, 0.15) is 78.7 Å². The molecule has 46 heavy (non-hydrogen) atoms. The van der Waals surface area contributed by atoms with Crippen LogP contribution < -0.4 is 25.2 Å². The summed E-state index contributed by atoms with van der Waals surface area (Å²) in [4.78, 5) is 41.7. The van der Waals surface area contributed by atoms with Crippen LogP contribution in [0.3, 0.4) is 0 Å². The van der Waals surface area contributed by atoms with E-state index in [-0.39, 0.29) is 36.5 Å². The number of nitrogens with one attached hydrogen (secondary N) is 1. The number of amides is 2. The van der Waals surface area contributed by atoms with Crippen molar-refractivity contribution in [3.05, 3.63) is 41.0 Å². The zero-order valence-corrected chi connectivity index (χ0v) is 27.6. The highest BCUT2D eigenvalue weighted by molar-refractivity contribution is 6.53. The van der Waals surface area contributed by atoms with E-state index in [0.717, 1.165) is 37.7 Å². The monoisotopic (exact) mass is 638 g/mol. The molecule has 0 radical (unpaired) electrons. The predicted molar refractivity (Wildman–Crippen MR) is 177 cm³/mol. The lowest BCUT2D eigenvalue weighted by atomic mass is 9.87. The maximum absolute atomic E-state index is 13.5. The Morgan fingerprint density at radius 2 is 1.59 bits per heavy atom. The van der Waals surface area contributed by atoms with Crippen molar-refractivity contribution in [3.8, 4) is 17.2 Å². The van der Waals surface area contributed by atoms with E-state index in [1.165, 1.54) is 14.0 Å². The summed E-state index contributed by atoms with van der Waals surface area (Å²) in [5, 5.41) is 13.0. The van der Waals surface area contributed by atoms with Crippen LogP contribution in [0.25, 0.3) is 0 Å². The van der Waals surface area contributed by atoms with Crippen molar-refractivity contribution in [2.24, 2.45) is 0 Å². The third-order valence-electron chi connectivity index (χ3n) is 8.51. The number of nitrogens with two attached hydrogens (primary N) is 1. The molecule has 2 aromatic carbocycles. The maximum atomic E-state index is 13.5. The van der Waals surface area contributed by atoms with Crippen molar-refractivity contribution in [2.45, 2.75) is 78.2 Å². The van der Waals surface area contributed by atoms with E-state index >= 15 is 0 Å². The van der Waals surface area contributed by atoms with Gasteiger partial charge in [0.2, 0.25) is 0 Å². The van der Waals surface area contributed by atoms with Gasteiger partial charge in [0.05, 0.1) is 37.5 Å². The topological polar surface area (TPSA) is 153 Å². The standard InChI is InChI=1S/C33H47BN4O8/c1-6-23-10-7-12-37(23)33(41)26-17-30(43-5)31(19-28(26)36-34(4)42)45-15-9-14-44-29-18-27(35)25(16-21(29)2)32(40)38-13-8-11-24(38)20-46-22(3)39/h16-19,23-24,36,42H,6-15,20,35H2,1-5H3/t23-,24+/m1/s1. The third kappa shape index (κ3) is 8.37. The van der Waals surface area contributed by atoms with Gasteiger partial charge in [0.15, 0.2) is 11.5 Å². The Hall–Kier alpha value is -4.13. The summed E-state index contributed by atoms with van der Waals surface area (Å²) in [6.45, 7) is 8.97. The van der Waals surface area contributed by atoms with Crippen LogP contribution in [0.5, 0.6) is 17.2 Å². The number of hydrogen-bond donors (Lipinski definition) is 3. The van der Waals surface area contributed by atoms with E-state index in [1.54, 1.807) is 36.0 Å². The normalized spacial score (nSPS) is 17.5. The van der Waals surface area contributed by atoms with Crippen LogP contribution in [0.2, 0.25) is 6.82 Å². The average molecular weight is 639 g/mol. The highest BCUT2D eigenvalue weighted by Gasteiger charge is 2.32. The molecule has 4 rings (SSSR count). The number of likely N-dealkylation sites (tertiary alicyclic amines) is 2. The van der Waals surface area contributed by atoms with Gasteiger partial charge in [-0.1, -0.05) is 6.92 Å². The molecular weight excluding hydrogens is 591 g/mol. The Morgan fingerprint density at radius 3 is 2.22 bits per heavy atom. The summed E-state index contributed by atoms with van der Waals surface area (Å²) in [5.74, 6) is 0.772. The molecule has 0 spiro atoms. The molecule has 0 aromatic heterocycles. The van der Waals surface area contributed by atoms with Crippen molar-refractivity contribution >= 4 is 36.2 Å². The number of anilines is 2. The minimum absolute atomic E-state index is 0.102. The number of nitrogens with zero attached hydrogens (tertiary/aromatic N) is 2. The number of ether oxygens (including phenoxy) is 4. The van der Waals surface area contributed by atoms with Gasteiger partial charge in [0, 0.05) is 56.0 Å². The van der Waals surface area contributed by atoms with Gasteiger partial charge >= 0.3 is 13.0 Å². The molecule has 0 unspecified atom stereocenters.